The van der Waals surface area contributed by atoms with Crippen molar-refractivity contribution in [1.29, 1.82) is 0 Å². The fourth-order valence-corrected chi connectivity index (χ4v) is 2.31. The van der Waals surface area contributed by atoms with Gasteiger partial charge < -0.3 is 13.7 Å². The predicted octanol–water partition coefficient (Wildman–Crippen LogP) is 2.65. The highest BCUT2D eigenvalue weighted by Gasteiger charge is 2.13. The number of rotatable bonds is 3. The van der Waals surface area contributed by atoms with Gasteiger partial charge in [0.25, 0.3) is 0 Å². The fraction of sp³-hybridized carbons (Fsp3) is 0.250. The van der Waals surface area contributed by atoms with Gasteiger partial charge >= 0.3 is 5.97 Å². The van der Waals surface area contributed by atoms with Crippen molar-refractivity contribution in [3.05, 3.63) is 59.3 Å². The molecule has 0 amide bonds. The number of hydrogen-bond donors (Lipinski definition) is 0. The summed E-state index contributed by atoms with van der Waals surface area (Å²) in [5.74, 6) is -0.334. The summed E-state index contributed by atoms with van der Waals surface area (Å²) in [6, 6.07) is 7.63. The van der Waals surface area contributed by atoms with E-state index in [1.807, 2.05) is 60.5 Å². The van der Waals surface area contributed by atoms with Crippen molar-refractivity contribution in [1.82, 2.24) is 14.0 Å². The second kappa shape index (κ2) is 5.09. The van der Waals surface area contributed by atoms with Crippen molar-refractivity contribution < 1.29 is 9.53 Å². The molecule has 0 bridgehead atoms. The summed E-state index contributed by atoms with van der Waals surface area (Å²) in [6.07, 6.45) is 3.81. The zero-order chi connectivity index (χ0) is 15.0. The molecule has 0 saturated carbocycles. The van der Waals surface area contributed by atoms with E-state index in [0.29, 0.717) is 5.69 Å². The minimum atomic E-state index is -0.334. The number of ether oxygens (including phenoxy) is 1. The molecule has 0 aromatic carbocycles. The van der Waals surface area contributed by atoms with E-state index in [1.54, 1.807) is 6.07 Å². The largest absolute Gasteiger partial charge is 0.454 e. The van der Waals surface area contributed by atoms with Gasteiger partial charge in [0, 0.05) is 25.1 Å². The molecule has 0 aliphatic heterocycles. The molecule has 3 aromatic heterocycles. The Kier molecular flexibility index (Phi) is 3.25. The second-order valence-corrected chi connectivity index (χ2v) is 5.15. The van der Waals surface area contributed by atoms with Crippen LogP contribution in [0.25, 0.3) is 5.65 Å². The number of fused-ring (bicyclic) bond motifs is 1. The average molecular weight is 283 g/mol. The van der Waals surface area contributed by atoms with Crippen LogP contribution in [0.5, 0.6) is 0 Å². The second-order valence-electron chi connectivity index (χ2n) is 5.15. The van der Waals surface area contributed by atoms with E-state index in [2.05, 4.69) is 4.98 Å². The van der Waals surface area contributed by atoms with Crippen LogP contribution in [-0.4, -0.2) is 19.9 Å². The van der Waals surface area contributed by atoms with Crippen LogP contribution in [0.3, 0.4) is 0 Å². The van der Waals surface area contributed by atoms with E-state index in [0.717, 1.165) is 22.6 Å². The van der Waals surface area contributed by atoms with Gasteiger partial charge in [0.1, 0.15) is 17.9 Å². The highest BCUT2D eigenvalue weighted by molar-refractivity contribution is 5.87. The molecule has 0 atom stereocenters. The third kappa shape index (κ3) is 2.42. The SMILES string of the molecule is Cc1cccn2cc(COC(=O)c3ccc(C)n3C)nc12. The summed E-state index contributed by atoms with van der Waals surface area (Å²) in [4.78, 5) is 16.5. The van der Waals surface area contributed by atoms with E-state index in [4.69, 9.17) is 4.74 Å². The van der Waals surface area contributed by atoms with Gasteiger partial charge in [-0.15, -0.1) is 0 Å². The minimum absolute atomic E-state index is 0.171. The predicted molar refractivity (Wildman–Crippen MR) is 79.2 cm³/mol. The summed E-state index contributed by atoms with van der Waals surface area (Å²) in [5.41, 5.74) is 4.28. The molecule has 0 fully saturated rings. The normalized spacial score (nSPS) is 11.0. The van der Waals surface area contributed by atoms with E-state index in [9.17, 15) is 4.79 Å². The molecule has 5 heteroatoms. The third-order valence-corrected chi connectivity index (χ3v) is 3.66. The van der Waals surface area contributed by atoms with Crippen molar-refractivity contribution in [3.63, 3.8) is 0 Å². The fourth-order valence-electron chi connectivity index (χ4n) is 2.31. The molecule has 21 heavy (non-hydrogen) atoms. The molecule has 3 aromatic rings. The standard InChI is InChI=1S/C16H17N3O2/c1-11-5-4-8-19-9-13(17-15(11)19)10-21-16(20)14-7-6-12(2)18(14)3/h4-9H,10H2,1-3H3. The molecule has 3 heterocycles. The summed E-state index contributed by atoms with van der Waals surface area (Å²) in [6.45, 7) is 4.12. The topological polar surface area (TPSA) is 48.5 Å². The summed E-state index contributed by atoms with van der Waals surface area (Å²) < 4.78 is 9.09. The number of hydrogen-bond acceptors (Lipinski definition) is 3. The van der Waals surface area contributed by atoms with Crippen LogP contribution in [0.2, 0.25) is 0 Å². The zero-order valence-corrected chi connectivity index (χ0v) is 12.3. The van der Waals surface area contributed by atoms with Crippen molar-refractivity contribution in [2.45, 2.75) is 20.5 Å². The van der Waals surface area contributed by atoms with Crippen LogP contribution in [0.1, 0.15) is 27.4 Å². The number of imidazole rings is 1. The molecule has 0 aliphatic rings. The van der Waals surface area contributed by atoms with Crippen molar-refractivity contribution in [3.8, 4) is 0 Å². The van der Waals surface area contributed by atoms with Crippen LogP contribution >= 0.6 is 0 Å². The van der Waals surface area contributed by atoms with Crippen LogP contribution in [0.15, 0.2) is 36.7 Å². The molecule has 0 saturated heterocycles. The number of carbonyl (C=O) groups is 1. The Bertz CT molecular complexity index is 814. The average Bonchev–Trinajstić information content (AvgIpc) is 3.02. The molecule has 0 radical (unpaired) electrons. The molecule has 0 aliphatic carbocycles. The van der Waals surface area contributed by atoms with Crippen LogP contribution in [0.4, 0.5) is 0 Å². The van der Waals surface area contributed by atoms with Gasteiger partial charge in [-0.2, -0.15) is 0 Å². The smallest absolute Gasteiger partial charge is 0.355 e. The molecule has 0 N–H and O–H groups in total. The monoisotopic (exact) mass is 283 g/mol. The van der Waals surface area contributed by atoms with Crippen molar-refractivity contribution in [2.75, 3.05) is 0 Å². The Morgan fingerprint density at radius 1 is 1.29 bits per heavy atom. The number of aryl methyl sites for hydroxylation is 2. The molecule has 5 nitrogen and oxygen atoms in total. The molecule has 108 valence electrons. The number of esters is 1. The van der Waals surface area contributed by atoms with Crippen LogP contribution in [0, 0.1) is 13.8 Å². The third-order valence-electron chi connectivity index (χ3n) is 3.66. The molecule has 0 spiro atoms. The first kappa shape index (κ1) is 13.4. The van der Waals surface area contributed by atoms with Gasteiger partial charge in [-0.05, 0) is 37.6 Å². The van der Waals surface area contributed by atoms with E-state index >= 15 is 0 Å². The lowest BCUT2D eigenvalue weighted by atomic mass is 10.3. The first-order valence-corrected chi connectivity index (χ1v) is 6.79. The number of aromatic nitrogens is 3. The van der Waals surface area contributed by atoms with Gasteiger partial charge in [-0.25, -0.2) is 9.78 Å². The molecular weight excluding hydrogens is 266 g/mol. The Balaban J connectivity index is 1.76. The van der Waals surface area contributed by atoms with Gasteiger partial charge in [-0.3, -0.25) is 0 Å². The summed E-state index contributed by atoms with van der Waals surface area (Å²) >= 11 is 0. The van der Waals surface area contributed by atoms with Crippen LogP contribution < -0.4 is 0 Å². The Morgan fingerprint density at radius 3 is 2.76 bits per heavy atom. The van der Waals surface area contributed by atoms with Gasteiger partial charge in [0.15, 0.2) is 0 Å². The number of pyridine rings is 1. The minimum Gasteiger partial charge on any atom is -0.454 e. The number of carbonyl (C=O) groups excluding carboxylic acids is 1. The van der Waals surface area contributed by atoms with E-state index in [-0.39, 0.29) is 12.6 Å². The van der Waals surface area contributed by atoms with Crippen LogP contribution in [-0.2, 0) is 18.4 Å². The first-order chi connectivity index (χ1) is 10.1. The van der Waals surface area contributed by atoms with E-state index in [1.165, 1.54) is 0 Å². The lowest BCUT2D eigenvalue weighted by Crippen LogP contribution is -2.10. The van der Waals surface area contributed by atoms with Crippen molar-refractivity contribution >= 4 is 11.6 Å². The maximum Gasteiger partial charge on any atom is 0.355 e. The lowest BCUT2D eigenvalue weighted by molar-refractivity contribution is 0.0457. The maximum absolute atomic E-state index is 12.1. The Morgan fingerprint density at radius 2 is 2.10 bits per heavy atom. The highest BCUT2D eigenvalue weighted by Crippen LogP contribution is 2.12. The molecule has 3 rings (SSSR count). The summed E-state index contributed by atoms with van der Waals surface area (Å²) in [7, 11) is 1.85. The van der Waals surface area contributed by atoms with Gasteiger partial charge in [0.05, 0.1) is 5.69 Å². The first-order valence-electron chi connectivity index (χ1n) is 6.79. The van der Waals surface area contributed by atoms with Crippen molar-refractivity contribution in [2.24, 2.45) is 7.05 Å². The maximum atomic E-state index is 12.1. The number of nitrogens with zero attached hydrogens (tertiary/aromatic N) is 3. The Labute approximate surface area is 122 Å². The van der Waals surface area contributed by atoms with Gasteiger partial charge in [0.2, 0.25) is 0 Å². The van der Waals surface area contributed by atoms with E-state index < -0.39 is 0 Å². The molecule has 0 unspecified atom stereocenters. The van der Waals surface area contributed by atoms with Gasteiger partial charge in [-0.1, -0.05) is 6.07 Å². The summed E-state index contributed by atoms with van der Waals surface area (Å²) in [5, 5.41) is 0. The molecular formula is C16H17N3O2. The highest BCUT2D eigenvalue weighted by atomic mass is 16.5. The Hall–Kier alpha value is -2.56. The zero-order valence-electron chi connectivity index (χ0n) is 12.3. The lowest BCUT2D eigenvalue weighted by Gasteiger charge is -2.05. The quantitative estimate of drug-likeness (QED) is 0.694.